The molecular formula is C10H17NO. The summed E-state index contributed by atoms with van der Waals surface area (Å²) in [7, 11) is 0. The zero-order chi connectivity index (χ0) is 8.39. The van der Waals surface area contributed by atoms with Gasteiger partial charge < -0.3 is 10.5 Å². The maximum Gasteiger partial charge on any atom is 0.0789 e. The third kappa shape index (κ3) is 1.54. The predicted molar refractivity (Wildman–Crippen MR) is 48.9 cm³/mol. The number of rotatable bonds is 2. The van der Waals surface area contributed by atoms with Crippen molar-refractivity contribution in [3.05, 3.63) is 11.6 Å². The van der Waals surface area contributed by atoms with Crippen LogP contribution in [0.3, 0.4) is 0 Å². The number of hydrogen-bond donors (Lipinski definition) is 1. The molecule has 0 saturated carbocycles. The Bertz CT molecular complexity index is 188. The van der Waals surface area contributed by atoms with Gasteiger partial charge in [0, 0.05) is 0 Å². The summed E-state index contributed by atoms with van der Waals surface area (Å²) in [5.41, 5.74) is 6.97. The highest BCUT2D eigenvalue weighted by atomic mass is 16.5. The minimum absolute atomic E-state index is 0.454. The normalized spacial score (nSPS) is 37.6. The minimum atomic E-state index is 0.454. The van der Waals surface area contributed by atoms with E-state index in [4.69, 9.17) is 10.5 Å². The van der Waals surface area contributed by atoms with Gasteiger partial charge in [0.2, 0.25) is 0 Å². The van der Waals surface area contributed by atoms with Crippen molar-refractivity contribution in [1.82, 2.24) is 0 Å². The Morgan fingerprint density at radius 1 is 1.42 bits per heavy atom. The second-order valence-electron chi connectivity index (χ2n) is 3.72. The molecule has 2 heteroatoms. The van der Waals surface area contributed by atoms with Gasteiger partial charge in [-0.05, 0) is 44.2 Å². The summed E-state index contributed by atoms with van der Waals surface area (Å²) in [5.74, 6) is 0. The summed E-state index contributed by atoms with van der Waals surface area (Å²) in [6.45, 7) is 0.764. The Balaban J connectivity index is 1.97. The van der Waals surface area contributed by atoms with Gasteiger partial charge in [-0.3, -0.25) is 0 Å². The molecule has 68 valence electrons. The van der Waals surface area contributed by atoms with Gasteiger partial charge in [-0.25, -0.2) is 0 Å². The number of nitrogens with two attached hydrogens (primary N) is 1. The molecule has 0 aromatic rings. The van der Waals surface area contributed by atoms with Crippen LogP contribution in [-0.4, -0.2) is 18.8 Å². The first kappa shape index (κ1) is 8.27. The highest BCUT2D eigenvalue weighted by molar-refractivity contribution is 5.13. The molecule has 2 atom stereocenters. The van der Waals surface area contributed by atoms with Crippen molar-refractivity contribution in [1.29, 1.82) is 0 Å². The SMILES string of the molecule is NCC/C=C1/CCC2CCC1O2. The molecule has 2 aliphatic heterocycles. The van der Waals surface area contributed by atoms with Gasteiger partial charge in [-0.2, -0.15) is 0 Å². The fourth-order valence-corrected chi connectivity index (χ4v) is 2.18. The zero-order valence-electron chi connectivity index (χ0n) is 7.46. The van der Waals surface area contributed by atoms with Crippen LogP contribution in [0.1, 0.15) is 32.1 Å². The van der Waals surface area contributed by atoms with Crippen molar-refractivity contribution in [3.63, 3.8) is 0 Å². The van der Waals surface area contributed by atoms with Crippen LogP contribution in [0.15, 0.2) is 11.6 Å². The summed E-state index contributed by atoms with van der Waals surface area (Å²) in [6.07, 6.45) is 9.31. The molecule has 0 aromatic carbocycles. The Morgan fingerprint density at radius 2 is 2.33 bits per heavy atom. The lowest BCUT2D eigenvalue weighted by molar-refractivity contribution is 0.0372. The van der Waals surface area contributed by atoms with E-state index in [0.717, 1.165) is 13.0 Å². The molecule has 2 fully saturated rings. The second-order valence-corrected chi connectivity index (χ2v) is 3.72. The average molecular weight is 167 g/mol. The van der Waals surface area contributed by atoms with Crippen molar-refractivity contribution < 1.29 is 4.74 Å². The molecule has 12 heavy (non-hydrogen) atoms. The van der Waals surface area contributed by atoms with Gasteiger partial charge >= 0.3 is 0 Å². The summed E-state index contributed by atoms with van der Waals surface area (Å²) in [6, 6.07) is 0. The lowest BCUT2D eigenvalue weighted by Gasteiger charge is -2.23. The summed E-state index contributed by atoms with van der Waals surface area (Å²) in [4.78, 5) is 0. The van der Waals surface area contributed by atoms with Gasteiger partial charge in [-0.15, -0.1) is 0 Å². The molecule has 0 radical (unpaired) electrons. The van der Waals surface area contributed by atoms with E-state index < -0.39 is 0 Å². The fraction of sp³-hybridized carbons (Fsp3) is 0.800. The number of hydrogen-bond acceptors (Lipinski definition) is 2. The van der Waals surface area contributed by atoms with Gasteiger partial charge in [0.15, 0.2) is 0 Å². The molecule has 0 spiro atoms. The monoisotopic (exact) mass is 167 g/mol. The maximum absolute atomic E-state index is 5.80. The third-order valence-corrected chi connectivity index (χ3v) is 2.85. The molecule has 2 bridgehead atoms. The van der Waals surface area contributed by atoms with E-state index in [0.29, 0.717) is 12.2 Å². The Kier molecular flexibility index (Phi) is 2.47. The molecule has 0 amide bonds. The molecule has 2 heterocycles. The van der Waals surface area contributed by atoms with E-state index in [2.05, 4.69) is 6.08 Å². The molecule has 2 rings (SSSR count). The maximum atomic E-state index is 5.80. The van der Waals surface area contributed by atoms with Crippen molar-refractivity contribution >= 4 is 0 Å². The number of fused-ring (bicyclic) bond motifs is 2. The molecule has 2 aliphatic rings. The smallest absolute Gasteiger partial charge is 0.0789 e. The van der Waals surface area contributed by atoms with E-state index in [1.165, 1.54) is 31.3 Å². The minimum Gasteiger partial charge on any atom is -0.371 e. The third-order valence-electron chi connectivity index (χ3n) is 2.85. The molecule has 2 N–H and O–H groups in total. The Hall–Kier alpha value is -0.340. The van der Waals surface area contributed by atoms with Gasteiger partial charge in [0.05, 0.1) is 12.2 Å². The van der Waals surface area contributed by atoms with E-state index >= 15 is 0 Å². The average Bonchev–Trinajstić information content (AvgIpc) is 2.48. The summed E-state index contributed by atoms with van der Waals surface area (Å²) >= 11 is 0. The molecule has 2 unspecified atom stereocenters. The van der Waals surface area contributed by atoms with E-state index in [1.807, 2.05) is 0 Å². The molecule has 0 aromatic heterocycles. The van der Waals surface area contributed by atoms with Crippen molar-refractivity contribution in [2.75, 3.05) is 6.54 Å². The largest absolute Gasteiger partial charge is 0.371 e. The van der Waals surface area contributed by atoms with Crippen LogP contribution in [0.5, 0.6) is 0 Å². The Morgan fingerprint density at radius 3 is 3.17 bits per heavy atom. The van der Waals surface area contributed by atoms with Crippen molar-refractivity contribution in [2.45, 2.75) is 44.3 Å². The van der Waals surface area contributed by atoms with Crippen LogP contribution >= 0.6 is 0 Å². The van der Waals surface area contributed by atoms with Gasteiger partial charge in [0.25, 0.3) is 0 Å². The first-order valence-corrected chi connectivity index (χ1v) is 4.94. The van der Waals surface area contributed by atoms with Crippen LogP contribution in [0.25, 0.3) is 0 Å². The zero-order valence-corrected chi connectivity index (χ0v) is 7.46. The summed E-state index contributed by atoms with van der Waals surface area (Å²) in [5, 5.41) is 0. The van der Waals surface area contributed by atoms with Crippen LogP contribution in [-0.2, 0) is 4.74 Å². The van der Waals surface area contributed by atoms with E-state index in [-0.39, 0.29) is 0 Å². The molecular weight excluding hydrogens is 150 g/mol. The molecule has 0 aliphatic carbocycles. The lowest BCUT2D eigenvalue weighted by Crippen LogP contribution is -2.20. The topological polar surface area (TPSA) is 35.2 Å². The van der Waals surface area contributed by atoms with Crippen LogP contribution < -0.4 is 5.73 Å². The standard InChI is InChI=1S/C10H17NO/c11-7-1-2-8-3-4-9-5-6-10(8)12-9/h2,9-10H,1,3-7,11H2/b8-2-. The first-order chi connectivity index (χ1) is 5.90. The second kappa shape index (κ2) is 3.58. The van der Waals surface area contributed by atoms with Crippen molar-refractivity contribution in [3.8, 4) is 0 Å². The summed E-state index contributed by atoms with van der Waals surface area (Å²) < 4.78 is 5.80. The van der Waals surface area contributed by atoms with Crippen LogP contribution in [0.4, 0.5) is 0 Å². The fourth-order valence-electron chi connectivity index (χ4n) is 2.18. The Labute approximate surface area is 73.8 Å². The highest BCUT2D eigenvalue weighted by Crippen LogP contribution is 2.35. The van der Waals surface area contributed by atoms with Crippen LogP contribution in [0, 0.1) is 0 Å². The van der Waals surface area contributed by atoms with E-state index in [1.54, 1.807) is 0 Å². The van der Waals surface area contributed by atoms with Crippen molar-refractivity contribution in [2.24, 2.45) is 5.73 Å². The highest BCUT2D eigenvalue weighted by Gasteiger charge is 2.32. The predicted octanol–water partition coefficient (Wildman–Crippen LogP) is 1.60. The molecule has 2 nitrogen and oxygen atoms in total. The van der Waals surface area contributed by atoms with E-state index in [9.17, 15) is 0 Å². The quantitative estimate of drug-likeness (QED) is 0.634. The van der Waals surface area contributed by atoms with Gasteiger partial charge in [-0.1, -0.05) is 6.08 Å². The lowest BCUT2D eigenvalue weighted by atomic mass is 10.0. The van der Waals surface area contributed by atoms with Gasteiger partial charge in [0.1, 0.15) is 0 Å². The number of ether oxygens (including phenoxy) is 1. The van der Waals surface area contributed by atoms with Crippen LogP contribution in [0.2, 0.25) is 0 Å². The molecule has 2 saturated heterocycles. The first-order valence-electron chi connectivity index (χ1n) is 4.94.